The molecule has 0 fully saturated rings. The molecule has 0 aliphatic carbocycles. The summed E-state index contributed by atoms with van der Waals surface area (Å²) in [5, 5.41) is 1.36. The Bertz CT molecular complexity index is 543. The predicted molar refractivity (Wildman–Crippen MR) is 82.6 cm³/mol. The second-order valence-electron chi connectivity index (χ2n) is 3.78. The fourth-order valence-electron chi connectivity index (χ4n) is 1.60. The number of hydrogen-bond acceptors (Lipinski definition) is 1. The van der Waals surface area contributed by atoms with Gasteiger partial charge in [0.15, 0.2) is 0 Å². The largest absolute Gasteiger partial charge is 0.487 e. The minimum Gasteiger partial charge on any atom is -0.487 e. The first kappa shape index (κ1) is 13.9. The van der Waals surface area contributed by atoms with Crippen LogP contribution in [0.15, 0.2) is 46.9 Å². The van der Waals surface area contributed by atoms with Crippen LogP contribution in [0.4, 0.5) is 0 Å². The number of halogens is 3. The highest BCUT2D eigenvalue weighted by Gasteiger charge is 2.07. The molecule has 2 rings (SSSR count). The summed E-state index contributed by atoms with van der Waals surface area (Å²) in [7, 11) is 0. The van der Waals surface area contributed by atoms with Gasteiger partial charge in [0.1, 0.15) is 12.4 Å². The summed E-state index contributed by atoms with van der Waals surface area (Å²) >= 11 is 13.0. The summed E-state index contributed by atoms with van der Waals surface area (Å²) in [4.78, 5) is 0. The van der Waals surface area contributed by atoms with Gasteiger partial charge in [-0.15, -0.1) is 0 Å². The lowest BCUT2D eigenvalue weighted by atomic mass is 10.2. The first-order valence-electron chi connectivity index (χ1n) is 5.41. The van der Waals surface area contributed by atoms with Crippen LogP contribution in [0.5, 0.6) is 5.75 Å². The molecule has 1 nitrogen and oxygen atoms in total. The van der Waals surface area contributed by atoms with Gasteiger partial charge in [-0.1, -0.05) is 67.7 Å². The van der Waals surface area contributed by atoms with Gasteiger partial charge in [0.2, 0.25) is 0 Å². The molecule has 0 radical (unpaired) electrons. The maximum absolute atomic E-state index is 6.15. The molecule has 0 atom stereocenters. The molecule has 0 aliphatic rings. The van der Waals surface area contributed by atoms with Crippen molar-refractivity contribution in [3.63, 3.8) is 0 Å². The van der Waals surface area contributed by atoms with E-state index in [0.717, 1.165) is 26.7 Å². The topological polar surface area (TPSA) is 9.23 Å². The minimum atomic E-state index is 0.503. The molecule has 0 amide bonds. The third-order valence-corrected chi connectivity index (χ3v) is 3.86. The van der Waals surface area contributed by atoms with Crippen molar-refractivity contribution in [1.29, 1.82) is 0 Å². The number of para-hydroxylation sites is 1. The van der Waals surface area contributed by atoms with Gasteiger partial charge in [0, 0.05) is 15.4 Å². The van der Waals surface area contributed by atoms with E-state index in [2.05, 4.69) is 31.9 Å². The number of ether oxygens (including phenoxy) is 1. The number of benzene rings is 2. The molecule has 94 valence electrons. The summed E-state index contributed by atoms with van der Waals surface area (Å²) in [6, 6.07) is 13.8. The molecule has 0 aliphatic heterocycles. The first-order chi connectivity index (χ1) is 8.70. The van der Waals surface area contributed by atoms with E-state index in [1.807, 2.05) is 42.5 Å². The lowest BCUT2D eigenvalue weighted by Gasteiger charge is -2.12. The van der Waals surface area contributed by atoms with E-state index in [4.69, 9.17) is 16.3 Å². The standard InChI is InChI=1S/C14H11Br2ClO/c15-8-11-4-2-6-13(17)14(11)18-9-10-3-1-5-12(16)7-10/h1-7H,8-9H2. The van der Waals surface area contributed by atoms with E-state index in [1.165, 1.54) is 0 Å². The highest BCUT2D eigenvalue weighted by atomic mass is 79.9. The molecular weight excluding hydrogens is 379 g/mol. The smallest absolute Gasteiger partial charge is 0.142 e. The molecule has 0 heterocycles. The molecule has 0 aromatic heterocycles. The molecule has 0 bridgehead atoms. The number of rotatable bonds is 4. The van der Waals surface area contributed by atoms with Crippen LogP contribution < -0.4 is 4.74 Å². The fourth-order valence-corrected chi connectivity index (χ4v) is 2.74. The van der Waals surface area contributed by atoms with Crippen LogP contribution in [0.2, 0.25) is 5.02 Å². The Balaban J connectivity index is 2.15. The Kier molecular flexibility index (Phi) is 5.10. The van der Waals surface area contributed by atoms with Crippen LogP contribution in [0, 0.1) is 0 Å². The molecule has 4 heteroatoms. The van der Waals surface area contributed by atoms with E-state index in [0.29, 0.717) is 11.6 Å². The Morgan fingerprint density at radius 3 is 2.61 bits per heavy atom. The molecule has 0 spiro atoms. The van der Waals surface area contributed by atoms with Crippen LogP contribution in [0.3, 0.4) is 0 Å². The van der Waals surface area contributed by atoms with Crippen LogP contribution >= 0.6 is 43.5 Å². The predicted octanol–water partition coefficient (Wildman–Crippen LogP) is 5.58. The van der Waals surface area contributed by atoms with Gasteiger partial charge in [-0.25, -0.2) is 0 Å². The Morgan fingerprint density at radius 1 is 1.11 bits per heavy atom. The number of hydrogen-bond donors (Lipinski definition) is 0. The molecule has 0 unspecified atom stereocenters. The summed E-state index contributed by atoms with van der Waals surface area (Å²) in [6.07, 6.45) is 0. The van der Waals surface area contributed by atoms with Gasteiger partial charge in [-0.2, -0.15) is 0 Å². The summed E-state index contributed by atoms with van der Waals surface area (Å²) < 4.78 is 6.86. The highest BCUT2D eigenvalue weighted by molar-refractivity contribution is 9.10. The molecule has 2 aromatic carbocycles. The van der Waals surface area contributed by atoms with Gasteiger partial charge in [-0.05, 0) is 23.8 Å². The van der Waals surface area contributed by atoms with E-state index in [-0.39, 0.29) is 0 Å². The minimum absolute atomic E-state index is 0.503. The average Bonchev–Trinajstić information content (AvgIpc) is 2.37. The van der Waals surface area contributed by atoms with E-state index in [1.54, 1.807) is 0 Å². The lowest BCUT2D eigenvalue weighted by Crippen LogP contribution is -1.98. The maximum atomic E-state index is 6.15. The number of alkyl halides is 1. The average molecular weight is 391 g/mol. The molecule has 0 N–H and O–H groups in total. The van der Waals surface area contributed by atoms with Crippen molar-refractivity contribution in [1.82, 2.24) is 0 Å². The fraction of sp³-hybridized carbons (Fsp3) is 0.143. The second-order valence-corrected chi connectivity index (χ2v) is 5.66. The van der Waals surface area contributed by atoms with Crippen LogP contribution in [-0.2, 0) is 11.9 Å². The van der Waals surface area contributed by atoms with Crippen LogP contribution in [0.1, 0.15) is 11.1 Å². The Hall–Kier alpha value is -0.510. The van der Waals surface area contributed by atoms with Crippen LogP contribution in [0.25, 0.3) is 0 Å². The zero-order chi connectivity index (χ0) is 13.0. The van der Waals surface area contributed by atoms with Crippen molar-refractivity contribution < 1.29 is 4.74 Å². The van der Waals surface area contributed by atoms with Gasteiger partial charge >= 0.3 is 0 Å². The molecule has 0 saturated carbocycles. The summed E-state index contributed by atoms with van der Waals surface area (Å²) in [5.74, 6) is 0.746. The van der Waals surface area contributed by atoms with Gasteiger partial charge < -0.3 is 4.74 Å². The highest BCUT2D eigenvalue weighted by Crippen LogP contribution is 2.31. The SMILES string of the molecule is Clc1cccc(CBr)c1OCc1cccc(Br)c1. The van der Waals surface area contributed by atoms with Crippen molar-refractivity contribution in [2.24, 2.45) is 0 Å². The zero-order valence-electron chi connectivity index (χ0n) is 9.50. The van der Waals surface area contributed by atoms with Crippen molar-refractivity contribution in [3.05, 3.63) is 63.1 Å². The lowest BCUT2D eigenvalue weighted by molar-refractivity contribution is 0.304. The van der Waals surface area contributed by atoms with E-state index < -0.39 is 0 Å². The van der Waals surface area contributed by atoms with E-state index >= 15 is 0 Å². The summed E-state index contributed by atoms with van der Waals surface area (Å²) in [6.45, 7) is 0.503. The van der Waals surface area contributed by atoms with Gasteiger partial charge in [0.25, 0.3) is 0 Å². The first-order valence-corrected chi connectivity index (χ1v) is 7.70. The third-order valence-electron chi connectivity index (χ3n) is 2.46. The van der Waals surface area contributed by atoms with Gasteiger partial charge in [-0.3, -0.25) is 0 Å². The zero-order valence-corrected chi connectivity index (χ0v) is 13.4. The Morgan fingerprint density at radius 2 is 1.89 bits per heavy atom. The van der Waals surface area contributed by atoms with Gasteiger partial charge in [0.05, 0.1) is 5.02 Å². The Labute approximate surface area is 128 Å². The molecule has 2 aromatic rings. The summed E-state index contributed by atoms with van der Waals surface area (Å²) in [5.41, 5.74) is 2.15. The quantitative estimate of drug-likeness (QED) is 0.620. The normalized spacial score (nSPS) is 10.4. The van der Waals surface area contributed by atoms with Crippen molar-refractivity contribution >= 4 is 43.5 Å². The molecule has 18 heavy (non-hydrogen) atoms. The third kappa shape index (κ3) is 3.50. The maximum Gasteiger partial charge on any atom is 0.142 e. The van der Waals surface area contributed by atoms with Crippen molar-refractivity contribution in [3.8, 4) is 5.75 Å². The van der Waals surface area contributed by atoms with Crippen molar-refractivity contribution in [2.75, 3.05) is 0 Å². The van der Waals surface area contributed by atoms with E-state index in [9.17, 15) is 0 Å². The molecular formula is C14H11Br2ClO. The molecule has 0 saturated heterocycles. The van der Waals surface area contributed by atoms with Crippen LogP contribution in [-0.4, -0.2) is 0 Å². The van der Waals surface area contributed by atoms with Crippen molar-refractivity contribution in [2.45, 2.75) is 11.9 Å². The second kappa shape index (κ2) is 6.60. The monoisotopic (exact) mass is 388 g/mol.